The average Bonchev–Trinajstić information content (AvgIpc) is 2.00. The zero-order valence-corrected chi connectivity index (χ0v) is 9.45. The second kappa shape index (κ2) is 6.20. The molecule has 82 valence electrons. The normalized spacial score (nSPS) is 28.1. The smallest absolute Gasteiger partial charge is 0.0639 e. The molecule has 0 spiro atoms. The van der Waals surface area contributed by atoms with Gasteiger partial charge in [0.15, 0.2) is 0 Å². The molecule has 0 bridgehead atoms. The van der Waals surface area contributed by atoms with Crippen LogP contribution in [0.25, 0.3) is 0 Å². The van der Waals surface area contributed by atoms with E-state index >= 15 is 0 Å². The quantitative estimate of drug-likeness (QED) is 0.701. The zero-order valence-electron chi connectivity index (χ0n) is 9.45. The molecule has 2 unspecified atom stereocenters. The largest absolute Gasteiger partial charge is 0.392 e. The Morgan fingerprint density at radius 1 is 1.43 bits per heavy atom. The van der Waals surface area contributed by atoms with Crippen molar-refractivity contribution in [2.24, 2.45) is 0 Å². The molecule has 0 aromatic carbocycles. The molecule has 0 fully saturated rings. The lowest BCUT2D eigenvalue weighted by atomic mass is 10.0. The number of allylic oxidation sites excluding steroid dienone is 1. The van der Waals surface area contributed by atoms with Gasteiger partial charge in [-0.05, 0) is 33.2 Å². The Hall–Kier alpha value is -0.340. The summed E-state index contributed by atoms with van der Waals surface area (Å²) in [5, 5.41) is 9.31. The van der Waals surface area contributed by atoms with Gasteiger partial charge in [0.05, 0.1) is 6.10 Å². The van der Waals surface area contributed by atoms with Gasteiger partial charge in [0.2, 0.25) is 0 Å². The summed E-state index contributed by atoms with van der Waals surface area (Å²) in [6.07, 6.45) is 10.8. The van der Waals surface area contributed by atoms with Crippen LogP contribution in [-0.4, -0.2) is 35.7 Å². The van der Waals surface area contributed by atoms with Crippen molar-refractivity contribution in [3.8, 4) is 0 Å². The number of rotatable bonds is 3. The molecule has 14 heavy (non-hydrogen) atoms. The van der Waals surface area contributed by atoms with Crippen LogP contribution in [0.1, 0.15) is 39.0 Å². The Morgan fingerprint density at radius 3 is 2.93 bits per heavy atom. The van der Waals surface area contributed by atoms with Crippen LogP contribution < -0.4 is 0 Å². The van der Waals surface area contributed by atoms with E-state index in [9.17, 15) is 5.11 Å². The van der Waals surface area contributed by atoms with E-state index in [1.807, 2.05) is 6.92 Å². The molecule has 0 radical (unpaired) electrons. The van der Waals surface area contributed by atoms with Crippen LogP contribution in [-0.2, 0) is 0 Å². The van der Waals surface area contributed by atoms with E-state index in [4.69, 9.17) is 0 Å². The summed E-state index contributed by atoms with van der Waals surface area (Å²) in [5.74, 6) is 0. The van der Waals surface area contributed by atoms with Crippen LogP contribution in [0.15, 0.2) is 12.2 Å². The van der Waals surface area contributed by atoms with Gasteiger partial charge in [-0.2, -0.15) is 0 Å². The maximum absolute atomic E-state index is 9.31. The number of hydrogen-bond acceptors (Lipinski definition) is 2. The van der Waals surface area contributed by atoms with Gasteiger partial charge < -0.3 is 5.11 Å². The third-order valence-electron chi connectivity index (χ3n) is 2.85. The van der Waals surface area contributed by atoms with E-state index in [2.05, 4.69) is 24.1 Å². The molecule has 0 aromatic rings. The first kappa shape index (κ1) is 11.7. The lowest BCUT2D eigenvalue weighted by Crippen LogP contribution is -2.35. The molecule has 1 aliphatic carbocycles. The average molecular weight is 197 g/mol. The molecule has 0 saturated carbocycles. The van der Waals surface area contributed by atoms with E-state index in [-0.39, 0.29) is 6.10 Å². The lowest BCUT2D eigenvalue weighted by Gasteiger charge is -2.27. The Balaban J connectivity index is 2.42. The standard InChI is InChI=1S/C12H23NO/c1-11(14)10-13(2)12-8-6-4-3-5-7-9-12/h6,8,11-12,14H,3-5,7,9-10H2,1-2H3/b8-6-. The van der Waals surface area contributed by atoms with Gasteiger partial charge in [0.1, 0.15) is 0 Å². The Morgan fingerprint density at radius 2 is 2.21 bits per heavy atom. The number of aliphatic hydroxyl groups is 1. The van der Waals surface area contributed by atoms with Gasteiger partial charge in [-0.3, -0.25) is 4.90 Å². The van der Waals surface area contributed by atoms with Crippen molar-refractivity contribution in [2.75, 3.05) is 13.6 Å². The van der Waals surface area contributed by atoms with Crippen LogP contribution in [0.5, 0.6) is 0 Å². The fourth-order valence-electron chi connectivity index (χ4n) is 2.06. The molecule has 2 atom stereocenters. The third-order valence-corrected chi connectivity index (χ3v) is 2.85. The molecule has 0 aliphatic heterocycles. The molecule has 0 amide bonds. The highest BCUT2D eigenvalue weighted by atomic mass is 16.3. The minimum absolute atomic E-state index is 0.223. The minimum Gasteiger partial charge on any atom is -0.392 e. The molecule has 1 rings (SSSR count). The maximum Gasteiger partial charge on any atom is 0.0639 e. The fraction of sp³-hybridized carbons (Fsp3) is 0.833. The highest BCUT2D eigenvalue weighted by Crippen LogP contribution is 2.15. The van der Waals surface area contributed by atoms with E-state index in [1.165, 1.54) is 32.1 Å². The summed E-state index contributed by atoms with van der Waals surface area (Å²) in [4.78, 5) is 2.26. The van der Waals surface area contributed by atoms with Crippen molar-refractivity contribution in [3.05, 3.63) is 12.2 Å². The van der Waals surface area contributed by atoms with Crippen LogP contribution in [0.4, 0.5) is 0 Å². The first-order valence-electron chi connectivity index (χ1n) is 5.75. The maximum atomic E-state index is 9.31. The summed E-state index contributed by atoms with van der Waals surface area (Å²) in [6.45, 7) is 2.62. The van der Waals surface area contributed by atoms with Gasteiger partial charge in [-0.25, -0.2) is 0 Å². The number of aliphatic hydroxyl groups excluding tert-OH is 1. The van der Waals surface area contributed by atoms with Crippen molar-refractivity contribution in [2.45, 2.75) is 51.2 Å². The Labute approximate surface area is 87.6 Å². The van der Waals surface area contributed by atoms with Crippen molar-refractivity contribution in [3.63, 3.8) is 0 Å². The summed E-state index contributed by atoms with van der Waals surface area (Å²) in [7, 11) is 2.10. The van der Waals surface area contributed by atoms with Gasteiger partial charge in [-0.15, -0.1) is 0 Å². The van der Waals surface area contributed by atoms with Gasteiger partial charge in [-0.1, -0.05) is 25.0 Å². The molecule has 1 N–H and O–H groups in total. The molecular weight excluding hydrogens is 174 g/mol. The van der Waals surface area contributed by atoms with Crippen LogP contribution in [0, 0.1) is 0 Å². The molecule has 2 nitrogen and oxygen atoms in total. The first-order valence-corrected chi connectivity index (χ1v) is 5.75. The zero-order chi connectivity index (χ0) is 10.4. The van der Waals surface area contributed by atoms with Crippen LogP contribution >= 0.6 is 0 Å². The molecule has 2 heteroatoms. The molecule has 0 aromatic heterocycles. The first-order chi connectivity index (χ1) is 6.70. The van der Waals surface area contributed by atoms with E-state index in [0.29, 0.717) is 6.04 Å². The summed E-state index contributed by atoms with van der Waals surface area (Å²) < 4.78 is 0. The lowest BCUT2D eigenvalue weighted by molar-refractivity contribution is 0.125. The number of nitrogens with zero attached hydrogens (tertiary/aromatic N) is 1. The second-order valence-electron chi connectivity index (χ2n) is 4.42. The predicted octanol–water partition coefficient (Wildman–Crippen LogP) is 2.19. The predicted molar refractivity (Wildman–Crippen MR) is 60.3 cm³/mol. The van der Waals surface area contributed by atoms with E-state index in [0.717, 1.165) is 6.54 Å². The molecule has 1 aliphatic rings. The summed E-state index contributed by atoms with van der Waals surface area (Å²) in [6, 6.07) is 0.532. The highest BCUT2D eigenvalue weighted by molar-refractivity contribution is 4.95. The third kappa shape index (κ3) is 4.25. The van der Waals surface area contributed by atoms with Crippen LogP contribution in [0.3, 0.4) is 0 Å². The van der Waals surface area contributed by atoms with Crippen molar-refractivity contribution >= 4 is 0 Å². The van der Waals surface area contributed by atoms with E-state index < -0.39 is 0 Å². The summed E-state index contributed by atoms with van der Waals surface area (Å²) in [5.41, 5.74) is 0. The fourth-order valence-corrected chi connectivity index (χ4v) is 2.06. The van der Waals surface area contributed by atoms with Gasteiger partial charge in [0.25, 0.3) is 0 Å². The summed E-state index contributed by atoms with van der Waals surface area (Å²) >= 11 is 0. The monoisotopic (exact) mass is 197 g/mol. The highest BCUT2D eigenvalue weighted by Gasteiger charge is 2.13. The Kier molecular flexibility index (Phi) is 5.20. The van der Waals surface area contributed by atoms with E-state index in [1.54, 1.807) is 0 Å². The Bertz CT molecular complexity index is 177. The molecule has 0 heterocycles. The molecule has 0 saturated heterocycles. The second-order valence-corrected chi connectivity index (χ2v) is 4.42. The van der Waals surface area contributed by atoms with Crippen molar-refractivity contribution in [1.82, 2.24) is 4.90 Å². The number of hydrogen-bond donors (Lipinski definition) is 1. The van der Waals surface area contributed by atoms with Gasteiger partial charge >= 0.3 is 0 Å². The van der Waals surface area contributed by atoms with Gasteiger partial charge in [0, 0.05) is 12.6 Å². The minimum atomic E-state index is -0.223. The van der Waals surface area contributed by atoms with Crippen molar-refractivity contribution < 1.29 is 5.11 Å². The molecular formula is C12H23NO. The topological polar surface area (TPSA) is 23.5 Å². The number of likely N-dealkylation sites (N-methyl/N-ethyl adjacent to an activating group) is 1. The SMILES string of the molecule is CC(O)CN(C)C1/C=C\CCCCC1. The van der Waals surface area contributed by atoms with Crippen LogP contribution in [0.2, 0.25) is 0 Å². The van der Waals surface area contributed by atoms with Crippen molar-refractivity contribution in [1.29, 1.82) is 0 Å².